The van der Waals surface area contributed by atoms with Crippen molar-refractivity contribution in [2.24, 2.45) is 0 Å². The van der Waals surface area contributed by atoms with Crippen molar-refractivity contribution in [1.82, 2.24) is 0 Å². The number of methoxy groups -OCH3 is 2. The minimum atomic E-state index is -1.15. The zero-order chi connectivity index (χ0) is 20.0. The van der Waals surface area contributed by atoms with Crippen molar-refractivity contribution in [2.45, 2.75) is 5.60 Å². The van der Waals surface area contributed by atoms with Gasteiger partial charge in [0.05, 0.1) is 14.2 Å². The minimum absolute atomic E-state index is 0.518. The molecule has 0 fully saturated rings. The Balaban J connectivity index is 2.29. The molecule has 0 saturated heterocycles. The highest BCUT2D eigenvalue weighted by Crippen LogP contribution is 2.41. The fourth-order valence-corrected chi connectivity index (χ4v) is 3.19. The van der Waals surface area contributed by atoms with Crippen molar-refractivity contribution < 1.29 is 19.0 Å². The van der Waals surface area contributed by atoms with Crippen molar-refractivity contribution in [2.75, 3.05) is 14.2 Å². The Kier molecular flexibility index (Phi) is 5.80. The SMILES string of the molecule is C=CC(=O)OC(c1ccccc1)(c1ccc(OC)cc1)c1ccc(OC)cc1. The van der Waals surface area contributed by atoms with Crippen LogP contribution in [-0.2, 0) is 15.1 Å². The first-order chi connectivity index (χ1) is 13.6. The molecule has 0 N–H and O–H groups in total. The highest BCUT2D eigenvalue weighted by Gasteiger charge is 2.40. The summed E-state index contributed by atoms with van der Waals surface area (Å²) in [6, 6.07) is 24.6. The number of hydrogen-bond donors (Lipinski definition) is 0. The van der Waals surface area contributed by atoms with Gasteiger partial charge in [-0.25, -0.2) is 4.79 Å². The van der Waals surface area contributed by atoms with E-state index in [1.165, 1.54) is 6.08 Å². The third-order valence-electron chi connectivity index (χ3n) is 4.59. The first-order valence-corrected chi connectivity index (χ1v) is 8.84. The van der Waals surface area contributed by atoms with E-state index < -0.39 is 11.6 Å². The second-order valence-corrected chi connectivity index (χ2v) is 6.13. The van der Waals surface area contributed by atoms with Crippen molar-refractivity contribution >= 4 is 5.97 Å². The number of carbonyl (C=O) groups is 1. The van der Waals surface area contributed by atoms with E-state index in [1.54, 1.807) is 14.2 Å². The Labute approximate surface area is 165 Å². The normalized spacial score (nSPS) is 10.8. The van der Waals surface area contributed by atoms with E-state index >= 15 is 0 Å². The first-order valence-electron chi connectivity index (χ1n) is 8.84. The van der Waals surface area contributed by atoms with Gasteiger partial charge in [0, 0.05) is 22.8 Å². The third kappa shape index (κ3) is 3.62. The van der Waals surface area contributed by atoms with Crippen LogP contribution in [0.2, 0.25) is 0 Å². The summed E-state index contributed by atoms with van der Waals surface area (Å²) in [7, 11) is 3.22. The number of hydrogen-bond acceptors (Lipinski definition) is 4. The van der Waals surface area contributed by atoms with Gasteiger partial charge >= 0.3 is 5.97 Å². The maximum atomic E-state index is 12.4. The molecular formula is C24H22O4. The lowest BCUT2D eigenvalue weighted by atomic mass is 9.80. The largest absolute Gasteiger partial charge is 0.497 e. The number of benzene rings is 3. The van der Waals surface area contributed by atoms with Crippen molar-refractivity contribution in [3.05, 3.63) is 108 Å². The molecule has 3 aromatic carbocycles. The van der Waals surface area contributed by atoms with E-state index in [0.29, 0.717) is 0 Å². The molecule has 3 aromatic rings. The molecule has 0 heterocycles. The number of ether oxygens (including phenoxy) is 3. The molecule has 0 radical (unpaired) electrons. The molecule has 142 valence electrons. The molecule has 0 aliphatic rings. The molecule has 0 aliphatic carbocycles. The molecule has 3 rings (SSSR count). The lowest BCUT2D eigenvalue weighted by Gasteiger charge is -2.35. The van der Waals surface area contributed by atoms with Gasteiger partial charge in [-0.15, -0.1) is 0 Å². The zero-order valence-corrected chi connectivity index (χ0v) is 15.9. The van der Waals surface area contributed by atoms with Crippen LogP contribution in [0.4, 0.5) is 0 Å². The predicted molar refractivity (Wildman–Crippen MR) is 109 cm³/mol. The molecule has 0 aromatic heterocycles. The Hall–Kier alpha value is -3.53. The van der Waals surface area contributed by atoms with Gasteiger partial charge in [0.25, 0.3) is 0 Å². The van der Waals surface area contributed by atoms with Gasteiger partial charge in [-0.1, -0.05) is 61.2 Å². The van der Waals surface area contributed by atoms with Gasteiger partial charge in [0.1, 0.15) is 11.5 Å². The van der Waals surface area contributed by atoms with Crippen LogP contribution >= 0.6 is 0 Å². The molecule has 4 heteroatoms. The Morgan fingerprint density at radius 3 is 1.57 bits per heavy atom. The molecule has 0 bridgehead atoms. The van der Waals surface area contributed by atoms with E-state index in [9.17, 15) is 4.79 Å². The highest BCUT2D eigenvalue weighted by atomic mass is 16.6. The van der Waals surface area contributed by atoms with Crippen LogP contribution in [0, 0.1) is 0 Å². The Bertz CT molecular complexity index is 881. The van der Waals surface area contributed by atoms with Crippen molar-refractivity contribution in [1.29, 1.82) is 0 Å². The monoisotopic (exact) mass is 374 g/mol. The zero-order valence-electron chi connectivity index (χ0n) is 15.9. The molecule has 0 amide bonds. The average Bonchev–Trinajstić information content (AvgIpc) is 2.78. The fraction of sp³-hybridized carbons (Fsp3) is 0.125. The van der Waals surface area contributed by atoms with Gasteiger partial charge in [-0.2, -0.15) is 0 Å². The third-order valence-corrected chi connectivity index (χ3v) is 4.59. The summed E-state index contributed by atoms with van der Waals surface area (Å²) in [5, 5.41) is 0. The van der Waals surface area contributed by atoms with Gasteiger partial charge in [-0.3, -0.25) is 0 Å². The van der Waals surface area contributed by atoms with Crippen LogP contribution in [0.5, 0.6) is 11.5 Å². The van der Waals surface area contributed by atoms with Gasteiger partial charge in [0.2, 0.25) is 0 Å². The summed E-state index contributed by atoms with van der Waals surface area (Å²) < 4.78 is 16.6. The van der Waals surface area contributed by atoms with Gasteiger partial charge in [0.15, 0.2) is 5.60 Å². The average molecular weight is 374 g/mol. The maximum absolute atomic E-state index is 12.4. The summed E-state index contributed by atoms with van der Waals surface area (Å²) >= 11 is 0. The van der Waals surface area contributed by atoms with Gasteiger partial charge in [-0.05, 0) is 24.3 Å². The Morgan fingerprint density at radius 1 is 0.750 bits per heavy atom. The quantitative estimate of drug-likeness (QED) is 0.341. The summed E-state index contributed by atoms with van der Waals surface area (Å²) in [4.78, 5) is 12.4. The van der Waals surface area contributed by atoms with Crippen LogP contribution in [-0.4, -0.2) is 20.2 Å². The van der Waals surface area contributed by atoms with Crippen LogP contribution in [0.1, 0.15) is 16.7 Å². The van der Waals surface area contributed by atoms with Gasteiger partial charge < -0.3 is 14.2 Å². The molecular weight excluding hydrogens is 352 g/mol. The number of esters is 1. The summed E-state index contributed by atoms with van der Waals surface area (Å²) in [6.45, 7) is 3.57. The number of carbonyl (C=O) groups excluding carboxylic acids is 1. The lowest BCUT2D eigenvalue weighted by Crippen LogP contribution is -2.34. The summed E-state index contributed by atoms with van der Waals surface area (Å²) in [6.07, 6.45) is 1.17. The molecule has 0 unspecified atom stereocenters. The fourth-order valence-electron chi connectivity index (χ4n) is 3.19. The first kappa shape index (κ1) is 19.2. The van der Waals surface area contributed by atoms with Crippen LogP contribution < -0.4 is 9.47 Å². The van der Waals surface area contributed by atoms with E-state index in [0.717, 1.165) is 28.2 Å². The predicted octanol–water partition coefficient (Wildman–Crippen LogP) is 4.72. The maximum Gasteiger partial charge on any atom is 0.331 e. The second-order valence-electron chi connectivity index (χ2n) is 6.13. The smallest absolute Gasteiger partial charge is 0.331 e. The van der Waals surface area contributed by atoms with Crippen molar-refractivity contribution in [3.8, 4) is 11.5 Å². The molecule has 0 aliphatic heterocycles. The summed E-state index contributed by atoms with van der Waals surface area (Å²) in [5.41, 5.74) is 1.26. The molecule has 0 saturated carbocycles. The molecule has 28 heavy (non-hydrogen) atoms. The van der Waals surface area contributed by atoms with Crippen LogP contribution in [0.15, 0.2) is 91.5 Å². The molecule has 4 nitrogen and oxygen atoms in total. The van der Waals surface area contributed by atoms with Crippen LogP contribution in [0.25, 0.3) is 0 Å². The standard InChI is InChI=1S/C24H22O4/c1-4-23(25)28-24(18-8-6-5-7-9-18,19-10-14-21(26-2)15-11-19)20-12-16-22(27-3)17-13-20/h4-17H,1H2,2-3H3. The van der Waals surface area contributed by atoms with E-state index in [4.69, 9.17) is 14.2 Å². The van der Waals surface area contributed by atoms with Crippen molar-refractivity contribution in [3.63, 3.8) is 0 Å². The van der Waals surface area contributed by atoms with E-state index in [2.05, 4.69) is 6.58 Å². The molecule has 0 atom stereocenters. The Morgan fingerprint density at radius 2 is 1.18 bits per heavy atom. The molecule has 0 spiro atoms. The van der Waals surface area contributed by atoms with E-state index in [-0.39, 0.29) is 0 Å². The summed E-state index contributed by atoms with van der Waals surface area (Å²) in [5.74, 6) is 0.918. The second kappa shape index (κ2) is 8.44. The van der Waals surface area contributed by atoms with E-state index in [1.807, 2.05) is 78.9 Å². The number of rotatable bonds is 7. The van der Waals surface area contributed by atoms with Crippen LogP contribution in [0.3, 0.4) is 0 Å². The minimum Gasteiger partial charge on any atom is -0.497 e. The lowest BCUT2D eigenvalue weighted by molar-refractivity contribution is -0.147. The topological polar surface area (TPSA) is 44.8 Å². The highest BCUT2D eigenvalue weighted by molar-refractivity contribution is 5.82.